The van der Waals surface area contributed by atoms with Crippen LogP contribution in [0.1, 0.15) is 20.3 Å². The summed E-state index contributed by atoms with van der Waals surface area (Å²) in [5.74, 6) is 1.37. The van der Waals surface area contributed by atoms with E-state index in [2.05, 4.69) is 21.1 Å². The van der Waals surface area contributed by atoms with Gasteiger partial charge in [-0.25, -0.2) is 5.01 Å². The number of anilines is 1. The van der Waals surface area contributed by atoms with Crippen LogP contribution in [0.3, 0.4) is 0 Å². The predicted octanol–water partition coefficient (Wildman–Crippen LogP) is 0.958. The van der Waals surface area contributed by atoms with Crippen molar-refractivity contribution in [1.29, 1.82) is 0 Å². The van der Waals surface area contributed by atoms with Gasteiger partial charge in [0.2, 0.25) is 17.8 Å². The minimum absolute atomic E-state index is 0.000178. The number of nitrogens with zero attached hydrogens (tertiary/aromatic N) is 2. The topological polar surface area (TPSA) is 104 Å². The van der Waals surface area contributed by atoms with E-state index < -0.39 is 6.04 Å². The van der Waals surface area contributed by atoms with Crippen molar-refractivity contribution in [2.45, 2.75) is 26.3 Å². The summed E-state index contributed by atoms with van der Waals surface area (Å²) in [6.45, 7) is 3.78. The largest absolute Gasteiger partial charge is 0.497 e. The highest BCUT2D eigenvalue weighted by Gasteiger charge is 2.40. The SMILES string of the molecule is COc1ccc(OC)c(NC(=O)[C@@H]2CC(=O)NC3=NC(=C(C)C)NN32)c1. The number of carbonyl (C=O) groups excluding carboxylic acids is 2. The molecule has 9 heteroatoms. The van der Waals surface area contributed by atoms with E-state index in [1.54, 1.807) is 23.2 Å². The molecule has 0 radical (unpaired) electrons. The van der Waals surface area contributed by atoms with E-state index in [-0.39, 0.29) is 18.2 Å². The Morgan fingerprint density at radius 2 is 2.08 bits per heavy atom. The Kier molecular flexibility index (Phi) is 4.70. The summed E-state index contributed by atoms with van der Waals surface area (Å²) in [4.78, 5) is 29.2. The second-order valence-electron chi connectivity index (χ2n) is 6.09. The number of aliphatic imine (C=N–C) groups is 1. The standard InChI is InChI=1S/C17H21N5O4/c1-9(2)15-20-17-19-14(23)8-12(22(17)21-15)16(24)18-11-7-10(25-3)5-6-13(11)26-4/h5-7,12,21H,8H2,1-4H3,(H,18,24)(H,19,20,23)/t12-/m0/s1. The Morgan fingerprint density at radius 3 is 2.73 bits per heavy atom. The van der Waals surface area contributed by atoms with Gasteiger partial charge in [-0.1, -0.05) is 0 Å². The Hall–Kier alpha value is -3.23. The van der Waals surface area contributed by atoms with Crippen LogP contribution in [-0.2, 0) is 9.59 Å². The average Bonchev–Trinajstić information content (AvgIpc) is 3.05. The molecule has 1 saturated heterocycles. The number of hydrazine groups is 1. The molecule has 1 aromatic rings. The smallest absolute Gasteiger partial charge is 0.249 e. The maximum Gasteiger partial charge on any atom is 0.249 e. The maximum atomic E-state index is 12.9. The zero-order valence-corrected chi connectivity index (χ0v) is 15.0. The van der Waals surface area contributed by atoms with Crippen molar-refractivity contribution >= 4 is 23.5 Å². The molecule has 0 saturated carbocycles. The van der Waals surface area contributed by atoms with Crippen LogP contribution in [-0.4, -0.2) is 43.0 Å². The quantitative estimate of drug-likeness (QED) is 0.740. The lowest BCUT2D eigenvalue weighted by Crippen LogP contribution is -2.61. The number of nitrogens with one attached hydrogen (secondary N) is 3. The number of hydrogen-bond donors (Lipinski definition) is 3. The number of ether oxygens (including phenoxy) is 2. The predicted molar refractivity (Wildman–Crippen MR) is 95.5 cm³/mol. The lowest BCUT2D eigenvalue weighted by molar-refractivity contribution is -0.129. The van der Waals surface area contributed by atoms with Gasteiger partial charge in [-0.3, -0.25) is 20.3 Å². The van der Waals surface area contributed by atoms with E-state index in [4.69, 9.17) is 9.47 Å². The minimum atomic E-state index is -0.754. The molecule has 1 aromatic carbocycles. The number of guanidine groups is 1. The van der Waals surface area contributed by atoms with Crippen molar-refractivity contribution in [3.05, 3.63) is 29.6 Å². The molecule has 2 amide bonds. The van der Waals surface area contributed by atoms with Gasteiger partial charge in [0.1, 0.15) is 23.4 Å². The van der Waals surface area contributed by atoms with Crippen molar-refractivity contribution in [1.82, 2.24) is 15.8 Å². The molecule has 0 aliphatic carbocycles. The fraction of sp³-hybridized carbons (Fsp3) is 0.353. The second kappa shape index (κ2) is 6.95. The molecule has 0 bridgehead atoms. The summed E-state index contributed by atoms with van der Waals surface area (Å²) in [6, 6.07) is 4.34. The summed E-state index contributed by atoms with van der Waals surface area (Å²) in [5, 5.41) is 7.04. The number of benzene rings is 1. The van der Waals surface area contributed by atoms with E-state index >= 15 is 0 Å². The van der Waals surface area contributed by atoms with Crippen LogP contribution in [0.2, 0.25) is 0 Å². The number of hydrogen-bond acceptors (Lipinski definition) is 7. The molecule has 3 rings (SSSR count). The van der Waals surface area contributed by atoms with Crippen molar-refractivity contribution in [3.8, 4) is 11.5 Å². The van der Waals surface area contributed by atoms with Gasteiger partial charge >= 0.3 is 0 Å². The van der Waals surface area contributed by atoms with Crippen LogP contribution in [0.4, 0.5) is 5.69 Å². The molecule has 1 atom stereocenters. The Labute approximate surface area is 151 Å². The number of amides is 2. The summed E-state index contributed by atoms with van der Waals surface area (Å²) in [5.41, 5.74) is 4.46. The normalized spacial score (nSPS) is 18.4. The van der Waals surface area contributed by atoms with Crippen LogP contribution in [0.5, 0.6) is 11.5 Å². The van der Waals surface area contributed by atoms with Gasteiger partial charge in [0.15, 0.2) is 0 Å². The highest BCUT2D eigenvalue weighted by molar-refractivity contribution is 6.08. The molecule has 0 spiro atoms. The third-order valence-electron chi connectivity index (χ3n) is 4.05. The summed E-state index contributed by atoms with van der Waals surface area (Å²) >= 11 is 0. The van der Waals surface area contributed by atoms with Crippen LogP contribution < -0.4 is 25.5 Å². The summed E-state index contributed by atoms with van der Waals surface area (Å²) in [6.07, 6.45) is 0.000178. The monoisotopic (exact) mass is 359 g/mol. The van der Waals surface area contributed by atoms with E-state index in [1.165, 1.54) is 14.2 Å². The van der Waals surface area contributed by atoms with Crippen LogP contribution >= 0.6 is 0 Å². The molecule has 2 heterocycles. The molecule has 138 valence electrons. The molecule has 3 N–H and O–H groups in total. The number of methoxy groups -OCH3 is 2. The van der Waals surface area contributed by atoms with Crippen LogP contribution in [0.15, 0.2) is 34.6 Å². The fourth-order valence-corrected chi connectivity index (χ4v) is 2.67. The average molecular weight is 359 g/mol. The van der Waals surface area contributed by atoms with Gasteiger partial charge in [-0.05, 0) is 31.6 Å². The fourth-order valence-electron chi connectivity index (χ4n) is 2.67. The molecule has 0 aromatic heterocycles. The maximum absolute atomic E-state index is 12.9. The van der Waals surface area contributed by atoms with Gasteiger partial charge in [0, 0.05) is 6.07 Å². The molecule has 9 nitrogen and oxygen atoms in total. The number of allylic oxidation sites excluding steroid dienone is 1. The van der Waals surface area contributed by atoms with E-state index in [1.807, 2.05) is 13.8 Å². The highest BCUT2D eigenvalue weighted by atomic mass is 16.5. The Balaban J connectivity index is 1.85. The first-order valence-electron chi connectivity index (χ1n) is 8.07. The molecule has 26 heavy (non-hydrogen) atoms. The van der Waals surface area contributed by atoms with E-state index in [9.17, 15) is 9.59 Å². The van der Waals surface area contributed by atoms with Crippen molar-refractivity contribution in [2.75, 3.05) is 19.5 Å². The summed E-state index contributed by atoms with van der Waals surface area (Å²) in [7, 11) is 3.05. The van der Waals surface area contributed by atoms with Gasteiger partial charge in [-0.2, -0.15) is 4.99 Å². The zero-order chi connectivity index (χ0) is 18.8. The van der Waals surface area contributed by atoms with Crippen LogP contribution in [0, 0.1) is 0 Å². The lowest BCUT2D eigenvalue weighted by Gasteiger charge is -2.32. The van der Waals surface area contributed by atoms with Crippen molar-refractivity contribution in [3.63, 3.8) is 0 Å². The van der Waals surface area contributed by atoms with E-state index in [0.29, 0.717) is 29.0 Å². The lowest BCUT2D eigenvalue weighted by atomic mass is 10.1. The molecular formula is C17H21N5O4. The molecule has 0 unspecified atom stereocenters. The van der Waals surface area contributed by atoms with E-state index in [0.717, 1.165) is 5.57 Å². The summed E-state index contributed by atoms with van der Waals surface area (Å²) < 4.78 is 10.5. The first-order chi connectivity index (χ1) is 12.4. The van der Waals surface area contributed by atoms with Gasteiger partial charge < -0.3 is 14.8 Å². The molecular weight excluding hydrogens is 338 g/mol. The molecule has 1 fully saturated rings. The zero-order valence-electron chi connectivity index (χ0n) is 15.0. The van der Waals surface area contributed by atoms with Crippen molar-refractivity contribution < 1.29 is 19.1 Å². The number of rotatable bonds is 4. The Morgan fingerprint density at radius 1 is 1.31 bits per heavy atom. The molecule has 2 aliphatic rings. The first kappa shape index (κ1) is 17.6. The Bertz CT molecular complexity index is 813. The van der Waals surface area contributed by atoms with Gasteiger partial charge in [0.25, 0.3) is 0 Å². The van der Waals surface area contributed by atoms with Crippen molar-refractivity contribution in [2.24, 2.45) is 4.99 Å². The first-order valence-corrected chi connectivity index (χ1v) is 8.07. The number of carbonyl (C=O) groups is 2. The molecule has 2 aliphatic heterocycles. The van der Waals surface area contributed by atoms with Crippen LogP contribution in [0.25, 0.3) is 0 Å². The van der Waals surface area contributed by atoms with Gasteiger partial charge in [0.05, 0.1) is 26.3 Å². The van der Waals surface area contributed by atoms with Gasteiger partial charge in [-0.15, -0.1) is 0 Å². The third-order valence-corrected chi connectivity index (χ3v) is 4.05. The number of fused-ring (bicyclic) bond motifs is 1. The highest BCUT2D eigenvalue weighted by Crippen LogP contribution is 2.29. The second-order valence-corrected chi connectivity index (χ2v) is 6.09. The third kappa shape index (κ3) is 3.28. The minimum Gasteiger partial charge on any atom is -0.497 e.